The van der Waals surface area contributed by atoms with E-state index in [1.165, 1.54) is 6.92 Å². The molecule has 0 spiro atoms. The second kappa shape index (κ2) is 14.6. The van der Waals surface area contributed by atoms with E-state index in [4.69, 9.17) is 23.7 Å². The Morgan fingerprint density at radius 3 is 2.09 bits per heavy atom. The molecule has 0 aromatic rings. The first-order valence-corrected chi connectivity index (χ1v) is 13.5. The highest BCUT2D eigenvalue weighted by atomic mass is 16.8. The van der Waals surface area contributed by atoms with E-state index in [1.807, 2.05) is 0 Å². The molecule has 12 N–H and O–H groups in total. The molecule has 0 radical (unpaired) electrons. The highest BCUT2D eigenvalue weighted by Crippen LogP contribution is 2.38. The Morgan fingerprint density at radius 1 is 0.930 bits per heavy atom. The average Bonchev–Trinajstić information content (AvgIpc) is 2.96. The van der Waals surface area contributed by atoms with Crippen LogP contribution in [-0.2, 0) is 33.3 Å². The zero-order chi connectivity index (χ0) is 32.4. The maximum atomic E-state index is 12.6. The number of aliphatic hydroxyl groups is 10. The number of amides is 1. The van der Waals surface area contributed by atoms with Crippen molar-refractivity contribution in [1.82, 2.24) is 5.32 Å². The highest BCUT2D eigenvalue weighted by Gasteiger charge is 2.60. The fourth-order valence-electron chi connectivity index (χ4n) is 5.37. The van der Waals surface area contributed by atoms with Gasteiger partial charge in [0.15, 0.2) is 6.29 Å². The highest BCUT2D eigenvalue weighted by molar-refractivity contribution is 5.76. The van der Waals surface area contributed by atoms with E-state index in [9.17, 15) is 65.8 Å². The smallest absolute Gasteiger partial charge is 0.364 e. The van der Waals surface area contributed by atoms with Crippen molar-refractivity contribution >= 4 is 11.9 Å². The molecule has 3 fully saturated rings. The lowest BCUT2D eigenvalue weighted by Gasteiger charge is -2.50. The molecular weight excluding hydrogens is 590 g/mol. The Hall–Kier alpha value is -1.66. The molecule has 19 heteroatoms. The molecule has 0 aliphatic carbocycles. The largest absolute Gasteiger partial charge is 0.477 e. The summed E-state index contributed by atoms with van der Waals surface area (Å²) in [6, 6.07) is -1.52. The fourth-order valence-corrected chi connectivity index (χ4v) is 5.37. The van der Waals surface area contributed by atoms with E-state index in [1.54, 1.807) is 0 Å². The predicted molar refractivity (Wildman–Crippen MR) is 134 cm³/mol. The number of carboxylic acids is 1. The molecular formula is C24H41NO18. The Morgan fingerprint density at radius 2 is 1.56 bits per heavy atom. The maximum Gasteiger partial charge on any atom is 0.364 e. The summed E-state index contributed by atoms with van der Waals surface area (Å²) >= 11 is 0. The van der Waals surface area contributed by atoms with Crippen LogP contribution in [0, 0.1) is 0 Å². The molecule has 0 aromatic heterocycles. The van der Waals surface area contributed by atoms with Gasteiger partial charge in [-0.25, -0.2) is 4.79 Å². The minimum atomic E-state index is -2.99. The molecule has 43 heavy (non-hydrogen) atoms. The molecule has 3 heterocycles. The van der Waals surface area contributed by atoms with Crippen molar-refractivity contribution in [3.63, 3.8) is 0 Å². The van der Waals surface area contributed by atoms with Crippen molar-refractivity contribution < 1.29 is 89.4 Å². The van der Waals surface area contributed by atoms with Crippen LogP contribution in [0.1, 0.15) is 20.3 Å². The molecule has 19 nitrogen and oxygen atoms in total. The first kappa shape index (κ1) is 35.8. The van der Waals surface area contributed by atoms with Crippen molar-refractivity contribution in [2.75, 3.05) is 19.8 Å². The van der Waals surface area contributed by atoms with Crippen molar-refractivity contribution in [3.8, 4) is 0 Å². The van der Waals surface area contributed by atoms with E-state index in [-0.39, 0.29) is 0 Å². The molecule has 0 aromatic carbocycles. The number of ether oxygens (including phenoxy) is 5. The Bertz CT molecular complexity index is 942. The van der Waals surface area contributed by atoms with Gasteiger partial charge in [-0.1, -0.05) is 0 Å². The molecule has 16 atom stereocenters. The van der Waals surface area contributed by atoms with Crippen LogP contribution in [0.4, 0.5) is 0 Å². The third kappa shape index (κ3) is 7.43. The second-order valence-electron chi connectivity index (χ2n) is 10.8. The van der Waals surface area contributed by atoms with Crippen LogP contribution >= 0.6 is 0 Å². The predicted octanol–water partition coefficient (Wildman–Crippen LogP) is -7.15. The number of carboxylic acid groups (broad SMARTS) is 1. The lowest BCUT2D eigenvalue weighted by molar-refractivity contribution is -0.381. The number of carbonyl (C=O) groups excluding carboxylic acids is 1. The van der Waals surface area contributed by atoms with E-state index >= 15 is 0 Å². The van der Waals surface area contributed by atoms with Gasteiger partial charge in [0.2, 0.25) is 5.91 Å². The number of hydrogen-bond donors (Lipinski definition) is 12. The van der Waals surface area contributed by atoms with Crippen LogP contribution in [0.3, 0.4) is 0 Å². The first-order valence-electron chi connectivity index (χ1n) is 13.5. The number of nitrogens with one attached hydrogen (secondary N) is 1. The Kier molecular flexibility index (Phi) is 12.2. The van der Waals surface area contributed by atoms with Gasteiger partial charge in [0.25, 0.3) is 5.79 Å². The summed E-state index contributed by atoms with van der Waals surface area (Å²) < 4.78 is 27.5. The summed E-state index contributed by atoms with van der Waals surface area (Å²) in [5.74, 6) is -5.67. The van der Waals surface area contributed by atoms with Gasteiger partial charge in [-0.15, -0.1) is 0 Å². The molecule has 1 amide bonds. The molecule has 12 unspecified atom stereocenters. The number of rotatable bonds is 11. The van der Waals surface area contributed by atoms with E-state index in [2.05, 4.69) is 5.32 Å². The van der Waals surface area contributed by atoms with Crippen molar-refractivity contribution in [2.45, 2.75) is 118 Å². The zero-order valence-corrected chi connectivity index (χ0v) is 23.3. The van der Waals surface area contributed by atoms with Crippen LogP contribution in [0.5, 0.6) is 0 Å². The lowest BCUT2D eigenvalue weighted by Crippen LogP contribution is -2.70. The van der Waals surface area contributed by atoms with E-state index in [0.29, 0.717) is 0 Å². The lowest BCUT2D eigenvalue weighted by atomic mass is 9.88. The Labute approximate surface area is 244 Å². The molecule has 3 aliphatic heterocycles. The molecule has 0 bridgehead atoms. The van der Waals surface area contributed by atoms with Crippen molar-refractivity contribution in [3.05, 3.63) is 0 Å². The monoisotopic (exact) mass is 631 g/mol. The second-order valence-corrected chi connectivity index (χ2v) is 10.8. The molecule has 3 saturated heterocycles. The Balaban J connectivity index is 1.94. The average molecular weight is 632 g/mol. The summed E-state index contributed by atoms with van der Waals surface area (Å²) in [6.07, 6.45) is -25.3. The van der Waals surface area contributed by atoms with Gasteiger partial charge in [0.1, 0.15) is 67.1 Å². The zero-order valence-electron chi connectivity index (χ0n) is 23.3. The van der Waals surface area contributed by atoms with Crippen LogP contribution < -0.4 is 5.32 Å². The molecule has 0 saturated carbocycles. The quantitative estimate of drug-likeness (QED) is 0.101. The van der Waals surface area contributed by atoms with Crippen molar-refractivity contribution in [2.24, 2.45) is 0 Å². The minimum absolute atomic E-state index is 0.708. The van der Waals surface area contributed by atoms with Crippen LogP contribution in [0.15, 0.2) is 0 Å². The molecule has 3 aliphatic rings. The number of hydrogen-bond acceptors (Lipinski definition) is 17. The SMILES string of the molecule is CC(=O)NC1C([C@H](O)[C@H](O)CO)O[C@@](OC2C(O)C(CO)OC(OC3C(CO)OC(C)C(O)C3O)C2O)(C(=O)O)C[C@H]1O. The minimum Gasteiger partial charge on any atom is -0.477 e. The molecule has 3 rings (SSSR count). The number of carbonyl (C=O) groups is 2. The summed E-state index contributed by atoms with van der Waals surface area (Å²) in [4.78, 5) is 24.3. The third-order valence-electron chi connectivity index (χ3n) is 7.73. The summed E-state index contributed by atoms with van der Waals surface area (Å²) in [5, 5.41) is 115. The van der Waals surface area contributed by atoms with Crippen LogP contribution in [0.25, 0.3) is 0 Å². The van der Waals surface area contributed by atoms with Gasteiger partial charge >= 0.3 is 5.97 Å². The van der Waals surface area contributed by atoms with Crippen molar-refractivity contribution in [1.29, 1.82) is 0 Å². The van der Waals surface area contributed by atoms with Gasteiger partial charge in [-0.05, 0) is 6.92 Å². The van der Waals surface area contributed by atoms with Gasteiger partial charge in [0, 0.05) is 13.3 Å². The molecule has 250 valence electrons. The fraction of sp³-hybridized carbons (Fsp3) is 0.917. The maximum absolute atomic E-state index is 12.6. The summed E-state index contributed by atoms with van der Waals surface area (Å²) in [5.41, 5.74) is 0. The summed E-state index contributed by atoms with van der Waals surface area (Å²) in [6.45, 7) is -0.199. The number of aliphatic hydroxyl groups excluding tert-OH is 10. The topological polar surface area (TPSA) is 315 Å². The van der Waals surface area contributed by atoms with Gasteiger partial charge in [0.05, 0.1) is 38.1 Å². The van der Waals surface area contributed by atoms with Crippen LogP contribution in [-0.4, -0.2) is 185 Å². The van der Waals surface area contributed by atoms with Gasteiger partial charge in [-0.2, -0.15) is 0 Å². The van der Waals surface area contributed by atoms with Gasteiger partial charge in [-0.3, -0.25) is 4.79 Å². The first-order chi connectivity index (χ1) is 20.1. The number of aliphatic carboxylic acids is 1. The van der Waals surface area contributed by atoms with Crippen LogP contribution in [0.2, 0.25) is 0 Å². The van der Waals surface area contributed by atoms with E-state index in [0.717, 1.165) is 6.92 Å². The standard InChI is InChI=1S/C24H41NO18/c1-7-14(32)17(35)19(12(6-28)39-7)41-22-18(36)21(16(34)11(5-27)40-22)43-24(23(37)38)3-9(30)13(25-8(2)29)20(42-24)15(33)10(31)4-26/h7,9-22,26-28,30-36H,3-6H2,1-2H3,(H,25,29)(H,37,38)/t7?,9-,10-,11?,12?,13?,14?,15-,16?,17?,18?,19?,20?,21?,22?,24+/m1/s1. The van der Waals surface area contributed by atoms with Gasteiger partial charge < -0.3 is 85.2 Å². The third-order valence-corrected chi connectivity index (χ3v) is 7.73. The normalized spacial score (nSPS) is 45.3. The summed E-state index contributed by atoms with van der Waals surface area (Å²) in [7, 11) is 0. The van der Waals surface area contributed by atoms with E-state index < -0.39 is 136 Å².